The first-order chi connectivity index (χ1) is 20.7. The van der Waals surface area contributed by atoms with Crippen molar-refractivity contribution in [1.82, 2.24) is 26.2 Å². The number of likely N-dealkylation sites (tertiary alicyclic amines) is 1. The third-order valence-electron chi connectivity index (χ3n) is 6.53. The van der Waals surface area contributed by atoms with Gasteiger partial charge in [0.2, 0.25) is 18.1 Å². The lowest BCUT2D eigenvalue weighted by molar-refractivity contribution is -0.139. The molecule has 0 aromatic carbocycles. The number of rotatable bonds is 11. The van der Waals surface area contributed by atoms with Gasteiger partial charge >= 0.3 is 6.03 Å². The van der Waals surface area contributed by atoms with Crippen molar-refractivity contribution in [2.45, 2.75) is 131 Å². The zero-order valence-electron chi connectivity index (χ0n) is 28.2. The van der Waals surface area contributed by atoms with Crippen LogP contribution >= 0.6 is 0 Å². The van der Waals surface area contributed by atoms with Gasteiger partial charge in [-0.25, -0.2) is 4.79 Å². The van der Waals surface area contributed by atoms with E-state index >= 15 is 0 Å². The Bertz CT molecular complexity index is 821. The monoisotopic (exact) mass is 607 g/mol. The minimum absolute atomic E-state index is 0.116. The molecule has 5 amide bonds. The van der Waals surface area contributed by atoms with Crippen LogP contribution in [-0.4, -0.2) is 73.2 Å². The second-order valence-electron chi connectivity index (χ2n) is 9.77. The highest BCUT2D eigenvalue weighted by molar-refractivity contribution is 6.38. The summed E-state index contributed by atoms with van der Waals surface area (Å²) in [5.74, 6) is 1.29. The van der Waals surface area contributed by atoms with Crippen molar-refractivity contribution in [3.05, 3.63) is 12.7 Å². The highest BCUT2D eigenvalue weighted by Crippen LogP contribution is 2.29. The Morgan fingerprint density at radius 2 is 1.60 bits per heavy atom. The molecule has 0 radical (unpaired) electrons. The molecule has 2 aliphatic rings. The Balaban J connectivity index is -0.000000627. The van der Waals surface area contributed by atoms with E-state index in [4.69, 9.17) is 6.42 Å². The summed E-state index contributed by atoms with van der Waals surface area (Å²) in [4.78, 5) is 59.4. The van der Waals surface area contributed by atoms with E-state index in [1.54, 1.807) is 7.05 Å². The highest BCUT2D eigenvalue weighted by Gasteiger charge is 2.36. The highest BCUT2D eigenvalue weighted by atomic mass is 16.2. The average molecular weight is 608 g/mol. The topological polar surface area (TPSA) is 137 Å². The number of carbonyl (C=O) groups is 5. The first-order valence-corrected chi connectivity index (χ1v) is 16.1. The predicted octanol–water partition coefficient (Wildman–Crippen LogP) is 4.73. The van der Waals surface area contributed by atoms with Crippen LogP contribution in [0.25, 0.3) is 0 Å². The number of Topliss-reactive ketones (excluding diaryl/α,β-unsaturated/α-hetero) is 1. The van der Waals surface area contributed by atoms with E-state index in [-0.39, 0.29) is 30.9 Å². The zero-order valence-corrected chi connectivity index (χ0v) is 28.2. The number of urea groups is 1. The minimum Gasteiger partial charge on any atom is -0.348 e. The van der Waals surface area contributed by atoms with Crippen molar-refractivity contribution >= 4 is 30.0 Å². The number of terminal acetylenes is 1. The molecule has 4 N–H and O–H groups in total. The van der Waals surface area contributed by atoms with Crippen LogP contribution in [0.4, 0.5) is 4.79 Å². The molecule has 1 aliphatic heterocycles. The normalized spacial score (nSPS) is 16.4. The van der Waals surface area contributed by atoms with Gasteiger partial charge in [-0.3, -0.25) is 19.2 Å². The van der Waals surface area contributed by atoms with E-state index in [1.165, 1.54) is 31.8 Å². The molecule has 3 atom stereocenters. The van der Waals surface area contributed by atoms with E-state index in [1.807, 2.05) is 32.6 Å². The molecular formula is C33H61N5O5. The maximum absolute atomic E-state index is 12.8. The molecule has 3 unspecified atom stereocenters. The number of ketones is 1. The largest absolute Gasteiger partial charge is 0.348 e. The van der Waals surface area contributed by atoms with Gasteiger partial charge in [0.15, 0.2) is 0 Å². The molecule has 0 aromatic rings. The molecule has 0 bridgehead atoms. The van der Waals surface area contributed by atoms with E-state index < -0.39 is 17.7 Å². The Morgan fingerprint density at radius 3 is 2.05 bits per heavy atom. The fraction of sp³-hybridized carbons (Fsp3) is 0.727. The predicted molar refractivity (Wildman–Crippen MR) is 176 cm³/mol. The molecule has 0 spiro atoms. The van der Waals surface area contributed by atoms with Crippen molar-refractivity contribution in [1.29, 1.82) is 0 Å². The van der Waals surface area contributed by atoms with Gasteiger partial charge < -0.3 is 26.2 Å². The molecule has 1 heterocycles. The lowest BCUT2D eigenvalue weighted by Gasteiger charge is -2.34. The third kappa shape index (κ3) is 19.5. The Hall–Kier alpha value is -3.35. The number of hydrogen-bond acceptors (Lipinski definition) is 5. The third-order valence-corrected chi connectivity index (χ3v) is 6.53. The molecule has 10 nitrogen and oxygen atoms in total. The average Bonchev–Trinajstić information content (AvgIpc) is 3.48. The van der Waals surface area contributed by atoms with Gasteiger partial charge in [0.1, 0.15) is 6.04 Å². The van der Waals surface area contributed by atoms with Crippen LogP contribution in [0.15, 0.2) is 12.7 Å². The van der Waals surface area contributed by atoms with Gasteiger partial charge in [0, 0.05) is 32.6 Å². The van der Waals surface area contributed by atoms with E-state index in [9.17, 15) is 24.0 Å². The minimum atomic E-state index is -0.863. The van der Waals surface area contributed by atoms with Gasteiger partial charge in [0.05, 0.1) is 6.04 Å². The van der Waals surface area contributed by atoms with Crippen molar-refractivity contribution < 1.29 is 24.0 Å². The Labute approximate surface area is 262 Å². The standard InChI is InChI=1S/C15H27N3O2.C11H14N2O3.C3H8.2C2H6/c1-11-7-6-10-18(11)14(19)13(17-15(20)16-2)12-8-4-3-5-9-12;1-3-5-6-9(13-8-14)10(15)11(16)12-7-4-2;1-3-2;2*1-2/h11-13H,3-10H2,1-2H3,(H2,16,17,20);1,4,8-9H,2,5-7H2,(H,12,16)(H,13,14);3H2,1-2H3;2*1-2H3. The summed E-state index contributed by atoms with van der Waals surface area (Å²) in [5.41, 5.74) is 0. The molecule has 2 rings (SSSR count). The molecule has 1 saturated heterocycles. The van der Waals surface area contributed by atoms with Gasteiger partial charge in [-0.05, 0) is 44.9 Å². The fourth-order valence-electron chi connectivity index (χ4n) is 4.51. The van der Waals surface area contributed by atoms with Crippen molar-refractivity contribution in [3.63, 3.8) is 0 Å². The van der Waals surface area contributed by atoms with Gasteiger partial charge in [-0.2, -0.15) is 0 Å². The van der Waals surface area contributed by atoms with Crippen molar-refractivity contribution in [2.75, 3.05) is 20.1 Å². The Kier molecular flexibility index (Phi) is 30.9. The summed E-state index contributed by atoms with van der Waals surface area (Å²) in [6.07, 6.45) is 16.5. The summed E-state index contributed by atoms with van der Waals surface area (Å²) < 4.78 is 0. The first-order valence-electron chi connectivity index (χ1n) is 16.1. The van der Waals surface area contributed by atoms with Crippen LogP contribution in [-0.2, 0) is 19.2 Å². The number of hydrogen-bond donors (Lipinski definition) is 4. The lowest BCUT2D eigenvalue weighted by Crippen LogP contribution is -2.55. The summed E-state index contributed by atoms with van der Waals surface area (Å²) >= 11 is 0. The summed E-state index contributed by atoms with van der Waals surface area (Å²) in [6.45, 7) is 18.8. The van der Waals surface area contributed by atoms with Crippen LogP contribution in [0.1, 0.15) is 113 Å². The fourth-order valence-corrected chi connectivity index (χ4v) is 4.51. The molecular weight excluding hydrogens is 546 g/mol. The first kappa shape index (κ1) is 44.1. The van der Waals surface area contributed by atoms with Crippen LogP contribution in [0.5, 0.6) is 0 Å². The zero-order chi connectivity index (χ0) is 33.6. The van der Waals surface area contributed by atoms with E-state index in [2.05, 4.69) is 54.5 Å². The molecule has 43 heavy (non-hydrogen) atoms. The molecule has 10 heteroatoms. The Morgan fingerprint density at radius 1 is 1.02 bits per heavy atom. The molecule has 1 aliphatic carbocycles. The molecule has 1 saturated carbocycles. The van der Waals surface area contributed by atoms with Crippen LogP contribution in [0, 0.1) is 18.3 Å². The second-order valence-corrected chi connectivity index (χ2v) is 9.77. The maximum Gasteiger partial charge on any atom is 0.315 e. The van der Waals surface area contributed by atoms with Gasteiger partial charge in [0.25, 0.3) is 5.91 Å². The number of nitrogens with zero attached hydrogens (tertiary/aromatic N) is 1. The summed E-state index contributed by atoms with van der Waals surface area (Å²) in [5, 5.41) is 10.1. The number of nitrogens with one attached hydrogen (secondary N) is 4. The lowest BCUT2D eigenvalue weighted by atomic mass is 9.83. The van der Waals surface area contributed by atoms with Crippen LogP contribution < -0.4 is 21.3 Å². The van der Waals surface area contributed by atoms with Gasteiger partial charge in [-0.15, -0.1) is 18.9 Å². The molecule has 0 aromatic heterocycles. The smallest absolute Gasteiger partial charge is 0.315 e. The van der Waals surface area contributed by atoms with E-state index in [0.29, 0.717) is 24.8 Å². The van der Waals surface area contributed by atoms with E-state index in [0.717, 1.165) is 32.2 Å². The SMILES string of the molecule is C#CCCC(NC=O)C(=O)C(=O)NCC=C.CC.CC.CCC.CNC(=O)NC(C(=O)N1CCCC1C)C1CCCCC1. The van der Waals surface area contributed by atoms with Crippen molar-refractivity contribution in [3.8, 4) is 12.3 Å². The van der Waals surface area contributed by atoms with Crippen LogP contribution in [0.2, 0.25) is 0 Å². The maximum atomic E-state index is 12.8. The van der Waals surface area contributed by atoms with Crippen LogP contribution in [0.3, 0.4) is 0 Å². The quantitative estimate of drug-likeness (QED) is 0.117. The molecule has 248 valence electrons. The summed E-state index contributed by atoms with van der Waals surface area (Å²) in [7, 11) is 1.59. The van der Waals surface area contributed by atoms with Gasteiger partial charge in [-0.1, -0.05) is 73.3 Å². The number of carbonyl (C=O) groups excluding carboxylic acids is 5. The molecule has 2 fully saturated rings. The second kappa shape index (κ2) is 30.1. The summed E-state index contributed by atoms with van der Waals surface area (Å²) in [6, 6.07) is -1.16. The van der Waals surface area contributed by atoms with Crippen molar-refractivity contribution in [2.24, 2.45) is 5.92 Å². The number of amides is 5.